The first kappa shape index (κ1) is 17.9. The molecule has 0 unspecified atom stereocenters. The van der Waals surface area contributed by atoms with Crippen LogP contribution < -0.4 is 0 Å². The molecule has 0 fully saturated rings. The highest BCUT2D eigenvalue weighted by molar-refractivity contribution is 5.76. The van der Waals surface area contributed by atoms with Crippen molar-refractivity contribution in [3.8, 4) is 0 Å². The molecule has 0 heterocycles. The second kappa shape index (κ2) is 10.8. The van der Waals surface area contributed by atoms with Crippen molar-refractivity contribution in [1.82, 2.24) is 4.90 Å². The van der Waals surface area contributed by atoms with Crippen molar-refractivity contribution < 1.29 is 4.79 Å². The van der Waals surface area contributed by atoms with E-state index >= 15 is 0 Å². The topological polar surface area (TPSA) is 20.3 Å². The van der Waals surface area contributed by atoms with Gasteiger partial charge in [0.15, 0.2) is 0 Å². The second-order valence-corrected chi connectivity index (χ2v) is 5.46. The normalized spacial score (nSPS) is 11.3. The van der Waals surface area contributed by atoms with Crippen molar-refractivity contribution >= 4 is 5.91 Å². The van der Waals surface area contributed by atoms with Gasteiger partial charge in [0.2, 0.25) is 5.91 Å². The molecule has 0 rings (SSSR count). The largest absolute Gasteiger partial charge is 0.339 e. The number of carbonyl (C=O) groups excluding carboxylic acids is 1. The maximum atomic E-state index is 11.9. The Hall–Kier alpha value is -1.05. The number of allylic oxidation sites excluding steroid dienone is 3. The lowest BCUT2D eigenvalue weighted by atomic mass is 10.1. The van der Waals surface area contributed by atoms with Crippen molar-refractivity contribution in [1.29, 1.82) is 0 Å². The third-order valence-corrected chi connectivity index (χ3v) is 3.06. The fraction of sp³-hybridized carbons (Fsp3) is 0.706. The fourth-order valence-corrected chi connectivity index (χ4v) is 1.92. The van der Waals surface area contributed by atoms with Crippen LogP contribution in [0.15, 0.2) is 23.3 Å². The standard InChI is InChI=1S/C17H31NO/c1-6-9-17(19)18(13-7-2)14-12-16(5)11-8-10-15(3)4/h10,12H,6-9,11,13-14H2,1-5H3/b16-12+. The Morgan fingerprint density at radius 2 is 1.68 bits per heavy atom. The SMILES string of the molecule is CCCC(=O)N(C/C=C(\C)CCC=C(C)C)CCC. The molecule has 0 N–H and O–H groups in total. The predicted molar refractivity (Wildman–Crippen MR) is 84.2 cm³/mol. The van der Waals surface area contributed by atoms with Crippen molar-refractivity contribution in [2.24, 2.45) is 0 Å². The van der Waals surface area contributed by atoms with E-state index < -0.39 is 0 Å². The molecule has 0 aliphatic heterocycles. The van der Waals surface area contributed by atoms with Gasteiger partial charge in [-0.15, -0.1) is 0 Å². The summed E-state index contributed by atoms with van der Waals surface area (Å²) in [7, 11) is 0. The van der Waals surface area contributed by atoms with Gasteiger partial charge in [0.25, 0.3) is 0 Å². The van der Waals surface area contributed by atoms with Gasteiger partial charge in [0.05, 0.1) is 0 Å². The highest BCUT2D eigenvalue weighted by Gasteiger charge is 2.09. The van der Waals surface area contributed by atoms with E-state index in [0.717, 1.165) is 38.8 Å². The quantitative estimate of drug-likeness (QED) is 0.552. The van der Waals surface area contributed by atoms with Gasteiger partial charge in [-0.2, -0.15) is 0 Å². The number of hydrogen-bond donors (Lipinski definition) is 0. The Labute approximate surface area is 119 Å². The molecule has 0 atom stereocenters. The first-order valence-electron chi connectivity index (χ1n) is 7.58. The molecule has 110 valence electrons. The molecule has 2 heteroatoms. The molecular weight excluding hydrogens is 234 g/mol. The summed E-state index contributed by atoms with van der Waals surface area (Å²) in [4.78, 5) is 13.9. The summed E-state index contributed by atoms with van der Waals surface area (Å²) >= 11 is 0. The van der Waals surface area contributed by atoms with Crippen LogP contribution in [-0.4, -0.2) is 23.9 Å². The van der Waals surface area contributed by atoms with Gasteiger partial charge in [-0.1, -0.05) is 37.1 Å². The Bertz CT molecular complexity index is 311. The molecule has 0 radical (unpaired) electrons. The minimum atomic E-state index is 0.290. The van der Waals surface area contributed by atoms with Gasteiger partial charge in [0.1, 0.15) is 0 Å². The number of rotatable bonds is 9. The highest BCUT2D eigenvalue weighted by Crippen LogP contribution is 2.08. The van der Waals surface area contributed by atoms with Gasteiger partial charge in [-0.25, -0.2) is 0 Å². The summed E-state index contributed by atoms with van der Waals surface area (Å²) in [5.41, 5.74) is 2.75. The maximum absolute atomic E-state index is 11.9. The van der Waals surface area contributed by atoms with E-state index in [0.29, 0.717) is 6.42 Å². The molecule has 0 aliphatic rings. The second-order valence-electron chi connectivity index (χ2n) is 5.46. The van der Waals surface area contributed by atoms with E-state index in [1.807, 2.05) is 4.90 Å². The zero-order valence-electron chi connectivity index (χ0n) is 13.5. The number of carbonyl (C=O) groups is 1. The molecule has 0 spiro atoms. The average Bonchev–Trinajstić information content (AvgIpc) is 2.34. The lowest BCUT2D eigenvalue weighted by molar-refractivity contribution is -0.130. The van der Waals surface area contributed by atoms with Crippen molar-refractivity contribution in [2.45, 2.75) is 66.7 Å². The zero-order valence-corrected chi connectivity index (χ0v) is 13.5. The predicted octanol–water partition coefficient (Wildman–Crippen LogP) is 4.72. The van der Waals surface area contributed by atoms with E-state index in [4.69, 9.17) is 0 Å². The van der Waals surface area contributed by atoms with Crippen LogP contribution in [0.3, 0.4) is 0 Å². The molecular formula is C17H31NO. The Balaban J connectivity index is 4.27. The molecule has 0 aromatic carbocycles. The third-order valence-electron chi connectivity index (χ3n) is 3.06. The van der Waals surface area contributed by atoms with Crippen LogP contribution in [0.2, 0.25) is 0 Å². The number of nitrogens with zero attached hydrogens (tertiary/aromatic N) is 1. The molecule has 0 saturated carbocycles. The molecule has 0 aromatic rings. The maximum Gasteiger partial charge on any atom is 0.222 e. The van der Waals surface area contributed by atoms with E-state index in [1.54, 1.807) is 0 Å². The summed E-state index contributed by atoms with van der Waals surface area (Å²) in [6, 6.07) is 0. The third kappa shape index (κ3) is 9.52. The van der Waals surface area contributed by atoms with Crippen LogP contribution in [0.25, 0.3) is 0 Å². The van der Waals surface area contributed by atoms with Crippen LogP contribution >= 0.6 is 0 Å². The minimum Gasteiger partial charge on any atom is -0.339 e. The average molecular weight is 265 g/mol. The Morgan fingerprint density at radius 3 is 2.21 bits per heavy atom. The summed E-state index contributed by atoms with van der Waals surface area (Å²) in [6.07, 6.45) is 9.30. The van der Waals surface area contributed by atoms with Gasteiger partial charge >= 0.3 is 0 Å². The van der Waals surface area contributed by atoms with E-state index in [9.17, 15) is 4.79 Å². The first-order chi connectivity index (χ1) is 9.01. The Kier molecular flexibility index (Phi) is 10.2. The summed E-state index contributed by atoms with van der Waals surface area (Å²) < 4.78 is 0. The number of amides is 1. The van der Waals surface area contributed by atoms with Gasteiger partial charge in [-0.05, 0) is 46.5 Å². The fourth-order valence-electron chi connectivity index (χ4n) is 1.92. The molecule has 0 aromatic heterocycles. The summed E-state index contributed by atoms with van der Waals surface area (Å²) in [5.74, 6) is 0.290. The summed E-state index contributed by atoms with van der Waals surface area (Å²) in [6.45, 7) is 12.2. The van der Waals surface area contributed by atoms with Crippen molar-refractivity contribution in [2.75, 3.05) is 13.1 Å². The van der Waals surface area contributed by atoms with E-state index in [1.165, 1.54) is 11.1 Å². The van der Waals surface area contributed by atoms with Crippen LogP contribution in [0.5, 0.6) is 0 Å². The van der Waals surface area contributed by atoms with E-state index in [2.05, 4.69) is 46.8 Å². The Morgan fingerprint density at radius 1 is 1.00 bits per heavy atom. The van der Waals surface area contributed by atoms with Crippen LogP contribution in [0.1, 0.15) is 66.7 Å². The minimum absolute atomic E-state index is 0.290. The smallest absolute Gasteiger partial charge is 0.222 e. The summed E-state index contributed by atoms with van der Waals surface area (Å²) in [5, 5.41) is 0. The van der Waals surface area contributed by atoms with Gasteiger partial charge < -0.3 is 4.90 Å². The molecule has 19 heavy (non-hydrogen) atoms. The van der Waals surface area contributed by atoms with Crippen molar-refractivity contribution in [3.05, 3.63) is 23.3 Å². The lowest BCUT2D eigenvalue weighted by Gasteiger charge is -2.20. The first-order valence-corrected chi connectivity index (χ1v) is 7.58. The highest BCUT2D eigenvalue weighted by atomic mass is 16.2. The zero-order chi connectivity index (χ0) is 14.7. The van der Waals surface area contributed by atoms with Gasteiger partial charge in [0, 0.05) is 19.5 Å². The monoisotopic (exact) mass is 265 g/mol. The molecule has 0 bridgehead atoms. The molecule has 0 aliphatic carbocycles. The molecule has 1 amide bonds. The van der Waals surface area contributed by atoms with Crippen LogP contribution in [0, 0.1) is 0 Å². The van der Waals surface area contributed by atoms with Gasteiger partial charge in [-0.3, -0.25) is 4.79 Å². The molecule has 2 nitrogen and oxygen atoms in total. The number of hydrogen-bond acceptors (Lipinski definition) is 1. The molecule has 0 saturated heterocycles. The van der Waals surface area contributed by atoms with Crippen LogP contribution in [0.4, 0.5) is 0 Å². The van der Waals surface area contributed by atoms with Crippen LogP contribution in [-0.2, 0) is 4.79 Å². The van der Waals surface area contributed by atoms with E-state index in [-0.39, 0.29) is 5.91 Å². The lowest BCUT2D eigenvalue weighted by Crippen LogP contribution is -2.31. The van der Waals surface area contributed by atoms with Crippen molar-refractivity contribution in [3.63, 3.8) is 0 Å².